The van der Waals surface area contributed by atoms with E-state index in [-0.39, 0.29) is 5.97 Å². The summed E-state index contributed by atoms with van der Waals surface area (Å²) in [7, 11) is 1.92. The van der Waals surface area contributed by atoms with Crippen molar-refractivity contribution < 1.29 is 9.32 Å². The third-order valence-electron chi connectivity index (χ3n) is 1.53. The van der Waals surface area contributed by atoms with E-state index >= 15 is 0 Å². The minimum atomic E-state index is -0.358. The van der Waals surface area contributed by atoms with Gasteiger partial charge >= 0.3 is 5.97 Å². The van der Waals surface area contributed by atoms with Crippen LogP contribution >= 0.6 is 9.47 Å². The van der Waals surface area contributed by atoms with Crippen LogP contribution in [-0.4, -0.2) is 5.97 Å². The van der Waals surface area contributed by atoms with Crippen molar-refractivity contribution in [1.29, 1.82) is 0 Å². The van der Waals surface area contributed by atoms with Crippen LogP contribution in [0.3, 0.4) is 0 Å². The molecule has 0 heterocycles. The lowest BCUT2D eigenvalue weighted by Crippen LogP contribution is -2.00. The number of carbonyl (C=O) groups excluding carboxylic acids is 1. The maximum Gasteiger partial charge on any atom is 0.340 e. The van der Waals surface area contributed by atoms with Crippen LogP contribution in [0, 0.1) is 0 Å². The second-order valence-electron chi connectivity index (χ2n) is 2.31. The first kappa shape index (κ1) is 9.17. The largest absolute Gasteiger partial charge is 0.448 e. The maximum atomic E-state index is 10.9. The van der Waals surface area contributed by atoms with E-state index in [4.69, 9.17) is 5.73 Å². The molecule has 0 aliphatic carbocycles. The van der Waals surface area contributed by atoms with Crippen molar-refractivity contribution in [3.63, 3.8) is 0 Å². The molecule has 3 nitrogen and oxygen atoms in total. The van der Waals surface area contributed by atoms with Gasteiger partial charge in [-0.1, -0.05) is 12.1 Å². The van der Waals surface area contributed by atoms with Gasteiger partial charge in [0.05, 0.1) is 15.0 Å². The average Bonchev–Trinajstić information content (AvgIpc) is 2.17. The molecule has 1 aromatic carbocycles. The first-order chi connectivity index (χ1) is 5.77. The standard InChI is InChI=1S/C8H10NO2P/c9-5-6-1-3-7(4-2-6)8(10)11-12/h1-4H,5,9,12H2. The number of benzene rings is 1. The maximum absolute atomic E-state index is 10.9. The molecule has 12 heavy (non-hydrogen) atoms. The minimum absolute atomic E-state index is 0.358. The van der Waals surface area contributed by atoms with Crippen LogP contribution in [0.5, 0.6) is 0 Å². The highest BCUT2D eigenvalue weighted by Gasteiger charge is 2.02. The number of nitrogens with two attached hydrogens (primary N) is 1. The van der Waals surface area contributed by atoms with Gasteiger partial charge in [-0.15, -0.1) is 0 Å². The van der Waals surface area contributed by atoms with E-state index in [1.807, 2.05) is 9.47 Å². The second kappa shape index (κ2) is 4.19. The molecule has 0 aromatic heterocycles. The summed E-state index contributed by atoms with van der Waals surface area (Å²) in [5.74, 6) is -0.358. The topological polar surface area (TPSA) is 52.3 Å². The molecule has 2 N–H and O–H groups in total. The van der Waals surface area contributed by atoms with Crippen LogP contribution in [-0.2, 0) is 11.1 Å². The molecular formula is C8H10NO2P. The Kier molecular flexibility index (Phi) is 3.20. The molecule has 0 saturated heterocycles. The first-order valence-electron chi connectivity index (χ1n) is 3.48. The van der Waals surface area contributed by atoms with Gasteiger partial charge in [0.2, 0.25) is 0 Å². The van der Waals surface area contributed by atoms with Crippen LogP contribution in [0.4, 0.5) is 0 Å². The molecule has 0 aliphatic heterocycles. The Morgan fingerprint density at radius 3 is 2.42 bits per heavy atom. The lowest BCUT2D eigenvalue weighted by atomic mass is 10.1. The molecule has 0 radical (unpaired) electrons. The van der Waals surface area contributed by atoms with Crippen molar-refractivity contribution in [1.82, 2.24) is 0 Å². The van der Waals surface area contributed by atoms with Crippen molar-refractivity contribution >= 4 is 15.4 Å². The van der Waals surface area contributed by atoms with Gasteiger partial charge in [-0.2, -0.15) is 0 Å². The second-order valence-corrected chi connectivity index (χ2v) is 2.54. The van der Waals surface area contributed by atoms with E-state index in [9.17, 15) is 4.79 Å². The van der Waals surface area contributed by atoms with E-state index in [0.717, 1.165) is 5.56 Å². The Balaban J connectivity index is 2.84. The molecule has 1 atom stereocenters. The molecule has 0 bridgehead atoms. The Hall–Kier alpha value is -0.920. The van der Waals surface area contributed by atoms with Crippen LogP contribution in [0.2, 0.25) is 0 Å². The summed E-state index contributed by atoms with van der Waals surface area (Å²) in [4.78, 5) is 10.9. The van der Waals surface area contributed by atoms with Crippen LogP contribution in [0.1, 0.15) is 15.9 Å². The third kappa shape index (κ3) is 2.03. The molecule has 0 amide bonds. The predicted octanol–water partition coefficient (Wildman–Crippen LogP) is 1.09. The van der Waals surface area contributed by atoms with Gasteiger partial charge in [0.1, 0.15) is 0 Å². The quantitative estimate of drug-likeness (QED) is 0.698. The zero-order valence-corrected chi connectivity index (χ0v) is 7.64. The number of hydrogen-bond donors (Lipinski definition) is 1. The average molecular weight is 183 g/mol. The van der Waals surface area contributed by atoms with E-state index in [1.54, 1.807) is 24.3 Å². The smallest absolute Gasteiger partial charge is 0.340 e. The van der Waals surface area contributed by atoms with Gasteiger partial charge in [0.15, 0.2) is 0 Å². The normalized spacial score (nSPS) is 9.50. The Labute approximate surface area is 73.2 Å². The molecule has 0 aliphatic rings. The van der Waals surface area contributed by atoms with E-state index < -0.39 is 0 Å². The van der Waals surface area contributed by atoms with Crippen LogP contribution < -0.4 is 5.73 Å². The van der Waals surface area contributed by atoms with Crippen molar-refractivity contribution in [3.8, 4) is 0 Å². The summed E-state index contributed by atoms with van der Waals surface area (Å²) >= 11 is 0. The molecule has 0 fully saturated rings. The summed E-state index contributed by atoms with van der Waals surface area (Å²) in [5.41, 5.74) is 6.91. The molecule has 64 valence electrons. The highest BCUT2D eigenvalue weighted by molar-refractivity contribution is 7.10. The van der Waals surface area contributed by atoms with Gasteiger partial charge in [-0.05, 0) is 17.7 Å². The van der Waals surface area contributed by atoms with Gasteiger partial charge < -0.3 is 10.3 Å². The highest BCUT2D eigenvalue weighted by atomic mass is 31.0. The highest BCUT2D eigenvalue weighted by Crippen LogP contribution is 2.06. The fourth-order valence-electron chi connectivity index (χ4n) is 0.845. The number of hydrogen-bond acceptors (Lipinski definition) is 3. The summed E-state index contributed by atoms with van der Waals surface area (Å²) in [6.45, 7) is 0.482. The first-order valence-corrected chi connectivity index (χ1v) is 3.95. The summed E-state index contributed by atoms with van der Waals surface area (Å²) < 4.78 is 4.46. The SMILES string of the molecule is NCc1ccc(C(=O)OP)cc1. The van der Waals surface area contributed by atoms with Crippen molar-refractivity contribution in [2.45, 2.75) is 6.54 Å². The molecule has 0 saturated carbocycles. The summed E-state index contributed by atoms with van der Waals surface area (Å²) in [5, 5.41) is 0. The molecule has 0 spiro atoms. The van der Waals surface area contributed by atoms with Crippen molar-refractivity contribution in [2.24, 2.45) is 5.73 Å². The third-order valence-corrected chi connectivity index (χ3v) is 1.75. The van der Waals surface area contributed by atoms with Gasteiger partial charge in [0.25, 0.3) is 0 Å². The fourth-order valence-corrected chi connectivity index (χ4v) is 0.981. The molecule has 1 rings (SSSR count). The van der Waals surface area contributed by atoms with Gasteiger partial charge in [-0.3, -0.25) is 0 Å². The van der Waals surface area contributed by atoms with E-state index in [0.29, 0.717) is 12.1 Å². The van der Waals surface area contributed by atoms with Gasteiger partial charge in [0, 0.05) is 6.54 Å². The summed E-state index contributed by atoms with van der Waals surface area (Å²) in [6, 6.07) is 6.98. The van der Waals surface area contributed by atoms with Crippen LogP contribution in [0.15, 0.2) is 24.3 Å². The number of carbonyl (C=O) groups is 1. The lowest BCUT2D eigenvalue weighted by molar-refractivity contribution is 0.0765. The zero-order chi connectivity index (χ0) is 8.97. The Bertz CT molecular complexity index is 271. The fraction of sp³-hybridized carbons (Fsp3) is 0.125. The van der Waals surface area contributed by atoms with Crippen molar-refractivity contribution in [2.75, 3.05) is 0 Å². The lowest BCUT2D eigenvalue weighted by Gasteiger charge is -1.99. The molecule has 1 aromatic rings. The van der Waals surface area contributed by atoms with Crippen LogP contribution in [0.25, 0.3) is 0 Å². The van der Waals surface area contributed by atoms with E-state index in [1.165, 1.54) is 0 Å². The molecular weight excluding hydrogens is 173 g/mol. The van der Waals surface area contributed by atoms with Gasteiger partial charge in [-0.25, -0.2) is 4.79 Å². The zero-order valence-electron chi connectivity index (χ0n) is 6.49. The monoisotopic (exact) mass is 183 g/mol. The Morgan fingerprint density at radius 2 is 2.00 bits per heavy atom. The molecule has 1 unspecified atom stereocenters. The predicted molar refractivity (Wildman–Crippen MR) is 49.5 cm³/mol. The summed E-state index contributed by atoms with van der Waals surface area (Å²) in [6.07, 6.45) is 0. The minimum Gasteiger partial charge on any atom is -0.448 e. The Morgan fingerprint density at radius 1 is 1.42 bits per heavy atom. The number of rotatable bonds is 2. The molecule has 4 heteroatoms. The van der Waals surface area contributed by atoms with E-state index in [2.05, 4.69) is 4.52 Å². The van der Waals surface area contributed by atoms with Crippen molar-refractivity contribution in [3.05, 3.63) is 35.4 Å².